The van der Waals surface area contributed by atoms with E-state index in [9.17, 15) is 0 Å². The van der Waals surface area contributed by atoms with Crippen LogP contribution in [0.2, 0.25) is 10.0 Å². The van der Waals surface area contributed by atoms with Crippen molar-refractivity contribution in [2.75, 3.05) is 18.5 Å². The number of halogens is 2. The number of hydrogen-bond donors (Lipinski definition) is 1. The van der Waals surface area contributed by atoms with Gasteiger partial charge in [0.1, 0.15) is 24.6 Å². The van der Waals surface area contributed by atoms with Crippen molar-refractivity contribution in [3.8, 4) is 22.8 Å². The molecule has 0 bridgehead atoms. The highest BCUT2D eigenvalue weighted by atomic mass is 35.5. The van der Waals surface area contributed by atoms with E-state index in [4.69, 9.17) is 32.7 Å². The molecule has 3 heterocycles. The maximum absolute atomic E-state index is 6.88. The van der Waals surface area contributed by atoms with E-state index in [2.05, 4.69) is 51.7 Å². The summed E-state index contributed by atoms with van der Waals surface area (Å²) in [5.41, 5.74) is 8.16. The summed E-state index contributed by atoms with van der Waals surface area (Å²) in [4.78, 5) is 0. The van der Waals surface area contributed by atoms with Gasteiger partial charge < -0.3 is 9.47 Å². The number of anilines is 1. The molecule has 0 amide bonds. The van der Waals surface area contributed by atoms with E-state index in [0.29, 0.717) is 13.2 Å². The van der Waals surface area contributed by atoms with Gasteiger partial charge in [-0.1, -0.05) is 70.9 Å². The van der Waals surface area contributed by atoms with Crippen LogP contribution in [0.1, 0.15) is 36.4 Å². The first kappa shape index (κ1) is 23.8. The van der Waals surface area contributed by atoms with E-state index in [1.807, 2.05) is 36.4 Å². The van der Waals surface area contributed by atoms with E-state index >= 15 is 0 Å². The van der Waals surface area contributed by atoms with Crippen molar-refractivity contribution in [1.29, 1.82) is 0 Å². The largest absolute Gasteiger partial charge is 0.486 e. The van der Waals surface area contributed by atoms with Crippen molar-refractivity contribution in [2.45, 2.75) is 25.3 Å². The van der Waals surface area contributed by atoms with Crippen LogP contribution in [0.4, 0.5) is 5.13 Å². The van der Waals surface area contributed by atoms with Gasteiger partial charge in [-0.3, -0.25) is 0 Å². The summed E-state index contributed by atoms with van der Waals surface area (Å²) in [5.74, 6) is 1.58. The molecular weight excluding hydrogens is 535 g/mol. The third-order valence-corrected chi connectivity index (χ3v) is 8.94. The van der Waals surface area contributed by atoms with Crippen molar-refractivity contribution >= 4 is 45.7 Å². The zero-order valence-corrected chi connectivity index (χ0v) is 22.9. The fourth-order valence-electron chi connectivity index (χ4n) is 5.66. The fourth-order valence-corrected chi connectivity index (χ4v) is 7.04. The zero-order valence-electron chi connectivity index (χ0n) is 20.5. The Morgan fingerprint density at radius 1 is 0.895 bits per heavy atom. The molecule has 0 saturated carbocycles. The summed E-state index contributed by atoms with van der Waals surface area (Å²) in [6.45, 7) is 1.14. The van der Waals surface area contributed by atoms with Gasteiger partial charge in [-0.15, -0.1) is 0 Å². The second kappa shape index (κ2) is 9.81. The molecule has 0 fully saturated rings. The number of thiazole rings is 1. The standard InChI is InChI=1S/C31H24Cl2N2O2S/c32-24-10-3-1-6-19(24)16-21-7-5-9-23-29(21)34-31-35(30(23)22-8-2-4-11-25(22)33)26(18-38-31)20-12-13-27-28(17-20)37-15-14-36-27/h1-4,6,8,10-13,16-18,30H,5,7,9,14-15H2/p+1. The lowest BCUT2D eigenvalue weighted by molar-refractivity contribution is -0.679. The van der Waals surface area contributed by atoms with Crippen LogP contribution in [0.5, 0.6) is 11.5 Å². The summed E-state index contributed by atoms with van der Waals surface area (Å²) < 4.78 is 14.1. The van der Waals surface area contributed by atoms with Crippen molar-refractivity contribution in [1.82, 2.24) is 0 Å². The Balaban J connectivity index is 1.41. The van der Waals surface area contributed by atoms with Crippen molar-refractivity contribution in [3.63, 3.8) is 0 Å². The Morgan fingerprint density at radius 3 is 2.53 bits per heavy atom. The number of allylic oxidation sites excluding steroid dienone is 2. The molecule has 4 aromatic rings. The molecule has 1 aliphatic carbocycles. The van der Waals surface area contributed by atoms with Gasteiger partial charge in [-0.05, 0) is 66.8 Å². The van der Waals surface area contributed by atoms with E-state index in [1.54, 1.807) is 11.3 Å². The van der Waals surface area contributed by atoms with Crippen LogP contribution in [-0.2, 0) is 0 Å². The third kappa shape index (κ3) is 4.10. The van der Waals surface area contributed by atoms with Gasteiger partial charge in [0.05, 0.1) is 0 Å². The Bertz CT molecular complexity index is 1620. The minimum atomic E-state index is -0.0284. The normalized spacial score (nSPS) is 19.1. The number of fused-ring (bicyclic) bond motifs is 2. The van der Waals surface area contributed by atoms with Gasteiger partial charge in [-0.25, -0.2) is 9.88 Å². The minimum absolute atomic E-state index is 0.0284. The van der Waals surface area contributed by atoms with Crippen LogP contribution in [-0.4, -0.2) is 13.2 Å². The summed E-state index contributed by atoms with van der Waals surface area (Å²) in [7, 11) is 0. The highest BCUT2D eigenvalue weighted by Gasteiger charge is 2.41. The lowest BCUT2D eigenvalue weighted by Gasteiger charge is -2.31. The molecule has 2 aliphatic heterocycles. The highest BCUT2D eigenvalue weighted by molar-refractivity contribution is 7.13. The maximum atomic E-state index is 6.88. The molecule has 190 valence electrons. The van der Waals surface area contributed by atoms with Crippen LogP contribution >= 0.6 is 34.5 Å². The second-order valence-electron chi connectivity index (χ2n) is 9.65. The molecule has 4 nitrogen and oxygen atoms in total. The van der Waals surface area contributed by atoms with E-state index < -0.39 is 0 Å². The molecule has 1 unspecified atom stereocenters. The Hall–Kier alpha value is -3.25. The third-order valence-electron chi connectivity index (χ3n) is 7.39. The molecular formula is C31H25Cl2N2O2S+. The lowest BCUT2D eigenvalue weighted by Crippen LogP contribution is -2.48. The Labute approximate surface area is 235 Å². The number of nitrogens with zero attached hydrogens (tertiary/aromatic N) is 1. The van der Waals surface area contributed by atoms with E-state index in [-0.39, 0.29) is 6.04 Å². The first-order valence-electron chi connectivity index (χ1n) is 12.8. The molecule has 7 rings (SSSR count). The predicted octanol–water partition coefficient (Wildman–Crippen LogP) is 8.32. The molecule has 7 heteroatoms. The number of benzene rings is 3. The smallest absolute Gasteiger partial charge is 0.340 e. The maximum Gasteiger partial charge on any atom is 0.340 e. The lowest BCUT2D eigenvalue weighted by atomic mass is 9.83. The number of nitrogens with one attached hydrogen (secondary N) is 1. The van der Waals surface area contributed by atoms with Crippen molar-refractivity contribution < 1.29 is 14.0 Å². The average Bonchev–Trinajstić information content (AvgIpc) is 3.37. The Morgan fingerprint density at radius 2 is 1.68 bits per heavy atom. The molecule has 1 aromatic heterocycles. The van der Waals surface area contributed by atoms with Crippen LogP contribution in [0.15, 0.2) is 89.0 Å². The molecule has 0 saturated heterocycles. The summed E-state index contributed by atoms with van der Waals surface area (Å²) >= 11 is 15.1. The molecule has 1 atom stereocenters. The van der Waals surface area contributed by atoms with Crippen LogP contribution in [0.3, 0.4) is 0 Å². The molecule has 3 aliphatic rings. The predicted molar refractivity (Wildman–Crippen MR) is 154 cm³/mol. The first-order valence-corrected chi connectivity index (χ1v) is 14.4. The minimum Gasteiger partial charge on any atom is -0.486 e. The summed E-state index contributed by atoms with van der Waals surface area (Å²) in [6.07, 6.45) is 5.28. The quantitative estimate of drug-likeness (QED) is 0.256. The SMILES string of the molecule is Clc1ccccc1C=C1CCCC2=C1Nc1scc(-c3ccc4c(c3)OCCO4)[n+]1C2c1ccccc1Cl. The number of rotatable bonds is 3. The number of aromatic nitrogens is 1. The first-order chi connectivity index (χ1) is 18.7. The monoisotopic (exact) mass is 559 g/mol. The van der Waals surface area contributed by atoms with Gasteiger partial charge in [0.15, 0.2) is 17.5 Å². The molecule has 3 aromatic carbocycles. The van der Waals surface area contributed by atoms with Gasteiger partial charge in [0.2, 0.25) is 0 Å². The number of hydrogen-bond acceptors (Lipinski definition) is 4. The highest BCUT2D eigenvalue weighted by Crippen LogP contribution is 2.46. The van der Waals surface area contributed by atoms with E-state index in [1.165, 1.54) is 16.8 Å². The van der Waals surface area contributed by atoms with Crippen molar-refractivity contribution in [2.24, 2.45) is 0 Å². The molecule has 1 N–H and O–H groups in total. The zero-order chi connectivity index (χ0) is 25.6. The second-order valence-corrected chi connectivity index (χ2v) is 11.3. The van der Waals surface area contributed by atoms with Crippen LogP contribution in [0.25, 0.3) is 17.3 Å². The van der Waals surface area contributed by atoms with Crippen molar-refractivity contribution in [3.05, 3.63) is 110 Å². The fraction of sp³-hybridized carbons (Fsp3) is 0.194. The van der Waals surface area contributed by atoms with Gasteiger partial charge in [-0.2, -0.15) is 0 Å². The summed E-state index contributed by atoms with van der Waals surface area (Å²) in [6, 6.07) is 22.4. The number of ether oxygens (including phenoxy) is 2. The van der Waals surface area contributed by atoms with Gasteiger partial charge >= 0.3 is 5.13 Å². The molecule has 0 spiro atoms. The molecule has 0 radical (unpaired) electrons. The summed E-state index contributed by atoms with van der Waals surface area (Å²) in [5, 5.41) is 8.63. The van der Waals surface area contributed by atoms with Gasteiger partial charge in [0.25, 0.3) is 0 Å². The van der Waals surface area contributed by atoms with Gasteiger partial charge in [0, 0.05) is 32.1 Å². The average molecular weight is 561 g/mol. The van der Waals surface area contributed by atoms with Crippen LogP contribution in [0, 0.1) is 0 Å². The Kier molecular flexibility index (Phi) is 6.15. The topological polar surface area (TPSA) is 34.4 Å². The molecule has 38 heavy (non-hydrogen) atoms. The van der Waals surface area contributed by atoms with Crippen LogP contribution < -0.4 is 19.4 Å². The van der Waals surface area contributed by atoms with E-state index in [0.717, 1.165) is 68.3 Å².